The SMILES string of the molecule is Cc1c(-n2nnnc2CNC(C)C)cccc1[N+](=O)[O-]. The van der Waals surface area contributed by atoms with Crippen LogP contribution in [0.5, 0.6) is 0 Å². The van der Waals surface area contributed by atoms with Gasteiger partial charge in [-0.1, -0.05) is 19.9 Å². The fraction of sp³-hybridized carbons (Fsp3) is 0.417. The number of tetrazole rings is 1. The van der Waals surface area contributed by atoms with E-state index in [0.29, 0.717) is 29.7 Å². The number of hydrogen-bond donors (Lipinski definition) is 1. The standard InChI is InChI=1S/C12H16N6O2/c1-8(2)13-7-12-14-15-16-17(12)10-5-4-6-11(9(10)3)18(19)20/h4-6,8,13H,7H2,1-3H3. The Morgan fingerprint density at radius 2 is 2.20 bits per heavy atom. The second-order valence-electron chi connectivity index (χ2n) is 4.72. The number of nitrogens with one attached hydrogen (secondary N) is 1. The van der Waals surface area contributed by atoms with Crippen molar-refractivity contribution in [2.45, 2.75) is 33.4 Å². The number of aromatic nitrogens is 4. The Balaban J connectivity index is 2.40. The zero-order chi connectivity index (χ0) is 14.7. The van der Waals surface area contributed by atoms with Crippen LogP contribution in [0.3, 0.4) is 0 Å². The van der Waals surface area contributed by atoms with Gasteiger partial charge in [0.2, 0.25) is 0 Å². The fourth-order valence-electron chi connectivity index (χ4n) is 1.84. The highest BCUT2D eigenvalue weighted by Gasteiger charge is 2.17. The molecule has 2 aromatic rings. The van der Waals surface area contributed by atoms with E-state index in [1.54, 1.807) is 19.1 Å². The minimum absolute atomic E-state index is 0.0563. The zero-order valence-electron chi connectivity index (χ0n) is 11.6. The van der Waals surface area contributed by atoms with Crippen molar-refractivity contribution in [2.75, 3.05) is 0 Å². The van der Waals surface area contributed by atoms with Crippen molar-refractivity contribution in [3.63, 3.8) is 0 Å². The highest BCUT2D eigenvalue weighted by molar-refractivity contribution is 5.52. The van der Waals surface area contributed by atoms with Crippen molar-refractivity contribution in [3.05, 3.63) is 39.7 Å². The first kappa shape index (κ1) is 14.1. The Hall–Kier alpha value is -2.35. The smallest absolute Gasteiger partial charge is 0.274 e. The van der Waals surface area contributed by atoms with Crippen molar-refractivity contribution in [1.82, 2.24) is 25.5 Å². The quantitative estimate of drug-likeness (QED) is 0.654. The van der Waals surface area contributed by atoms with Crippen LogP contribution in [0, 0.1) is 17.0 Å². The van der Waals surface area contributed by atoms with Gasteiger partial charge < -0.3 is 5.32 Å². The van der Waals surface area contributed by atoms with Crippen molar-refractivity contribution < 1.29 is 4.92 Å². The van der Waals surface area contributed by atoms with Gasteiger partial charge >= 0.3 is 0 Å². The summed E-state index contributed by atoms with van der Waals surface area (Å²) in [7, 11) is 0. The van der Waals surface area contributed by atoms with Crippen LogP contribution in [-0.2, 0) is 6.54 Å². The van der Waals surface area contributed by atoms with Gasteiger partial charge in [0.05, 0.1) is 22.7 Å². The molecule has 0 saturated carbocycles. The summed E-state index contributed by atoms with van der Waals surface area (Å²) in [6, 6.07) is 5.15. The summed E-state index contributed by atoms with van der Waals surface area (Å²) in [5.74, 6) is 0.613. The molecule has 1 N–H and O–H groups in total. The van der Waals surface area contributed by atoms with Gasteiger partial charge in [0.15, 0.2) is 5.82 Å². The molecule has 0 atom stereocenters. The van der Waals surface area contributed by atoms with Crippen LogP contribution in [0.1, 0.15) is 25.2 Å². The molecule has 0 spiro atoms. The lowest BCUT2D eigenvalue weighted by atomic mass is 10.1. The number of rotatable bonds is 5. The molecule has 0 aliphatic carbocycles. The molecule has 0 radical (unpaired) electrons. The van der Waals surface area contributed by atoms with E-state index < -0.39 is 4.92 Å². The number of hydrogen-bond acceptors (Lipinski definition) is 6. The number of nitro groups is 1. The molecule has 0 aliphatic rings. The van der Waals surface area contributed by atoms with E-state index in [0.717, 1.165) is 0 Å². The molecule has 8 nitrogen and oxygen atoms in total. The molecule has 0 amide bonds. The first-order chi connectivity index (χ1) is 9.50. The third-order valence-electron chi connectivity index (χ3n) is 2.90. The van der Waals surface area contributed by atoms with Gasteiger partial charge in [-0.25, -0.2) is 0 Å². The van der Waals surface area contributed by atoms with Gasteiger partial charge in [0.1, 0.15) is 0 Å². The maximum Gasteiger partial charge on any atom is 0.274 e. The fourth-order valence-corrected chi connectivity index (χ4v) is 1.84. The Morgan fingerprint density at radius 3 is 2.85 bits per heavy atom. The Morgan fingerprint density at radius 1 is 1.45 bits per heavy atom. The molecule has 0 fully saturated rings. The second-order valence-corrected chi connectivity index (χ2v) is 4.72. The summed E-state index contributed by atoms with van der Waals surface area (Å²) in [4.78, 5) is 10.6. The van der Waals surface area contributed by atoms with Crippen LogP contribution in [0.2, 0.25) is 0 Å². The molecule has 20 heavy (non-hydrogen) atoms. The lowest BCUT2D eigenvalue weighted by molar-refractivity contribution is -0.385. The van der Waals surface area contributed by atoms with E-state index in [9.17, 15) is 10.1 Å². The van der Waals surface area contributed by atoms with Gasteiger partial charge in [0, 0.05) is 12.1 Å². The summed E-state index contributed by atoms with van der Waals surface area (Å²) in [5, 5.41) is 25.7. The van der Waals surface area contributed by atoms with Crippen molar-refractivity contribution in [1.29, 1.82) is 0 Å². The van der Waals surface area contributed by atoms with Crippen LogP contribution < -0.4 is 5.32 Å². The average molecular weight is 276 g/mol. The summed E-state index contributed by atoms with van der Waals surface area (Å²) in [6.45, 7) is 6.22. The molecule has 1 heterocycles. The molecule has 0 aliphatic heterocycles. The monoisotopic (exact) mass is 276 g/mol. The van der Waals surface area contributed by atoms with E-state index in [1.807, 2.05) is 13.8 Å². The first-order valence-electron chi connectivity index (χ1n) is 6.25. The lowest BCUT2D eigenvalue weighted by Crippen LogP contribution is -2.24. The third-order valence-corrected chi connectivity index (χ3v) is 2.90. The summed E-state index contributed by atoms with van der Waals surface area (Å²) >= 11 is 0. The summed E-state index contributed by atoms with van der Waals surface area (Å²) < 4.78 is 1.53. The predicted molar refractivity (Wildman–Crippen MR) is 72.5 cm³/mol. The molecule has 0 unspecified atom stereocenters. The second kappa shape index (κ2) is 5.74. The lowest BCUT2D eigenvalue weighted by Gasteiger charge is -2.10. The third kappa shape index (κ3) is 2.80. The average Bonchev–Trinajstić information content (AvgIpc) is 2.84. The van der Waals surface area contributed by atoms with Gasteiger partial charge in [-0.05, 0) is 23.4 Å². The van der Waals surface area contributed by atoms with E-state index in [2.05, 4.69) is 20.8 Å². The largest absolute Gasteiger partial charge is 0.308 e. The predicted octanol–water partition coefficient (Wildman–Crippen LogP) is 1.38. The highest BCUT2D eigenvalue weighted by atomic mass is 16.6. The Labute approximate surface area is 115 Å². The van der Waals surface area contributed by atoms with E-state index in [1.165, 1.54) is 10.7 Å². The Bertz CT molecular complexity index is 622. The van der Waals surface area contributed by atoms with Gasteiger partial charge in [-0.15, -0.1) is 5.10 Å². The maximum absolute atomic E-state index is 11.0. The molecule has 0 bridgehead atoms. The van der Waals surface area contributed by atoms with E-state index >= 15 is 0 Å². The van der Waals surface area contributed by atoms with Gasteiger partial charge in [-0.3, -0.25) is 10.1 Å². The van der Waals surface area contributed by atoms with Crippen LogP contribution in [0.15, 0.2) is 18.2 Å². The molecular weight excluding hydrogens is 260 g/mol. The van der Waals surface area contributed by atoms with Gasteiger partial charge in [0.25, 0.3) is 5.69 Å². The molecule has 106 valence electrons. The van der Waals surface area contributed by atoms with Crippen molar-refractivity contribution in [3.8, 4) is 5.69 Å². The number of benzene rings is 1. The minimum atomic E-state index is -0.408. The Kier molecular flexibility index (Phi) is 4.04. The molecule has 8 heteroatoms. The molecule has 2 rings (SSSR count). The molecular formula is C12H16N6O2. The molecule has 1 aromatic heterocycles. The highest BCUT2D eigenvalue weighted by Crippen LogP contribution is 2.23. The summed E-state index contributed by atoms with van der Waals surface area (Å²) in [6.07, 6.45) is 0. The normalized spacial score (nSPS) is 11.0. The van der Waals surface area contributed by atoms with Gasteiger partial charge in [-0.2, -0.15) is 4.68 Å². The van der Waals surface area contributed by atoms with E-state index in [-0.39, 0.29) is 5.69 Å². The van der Waals surface area contributed by atoms with E-state index in [4.69, 9.17) is 0 Å². The number of nitrogens with zero attached hydrogens (tertiary/aromatic N) is 5. The molecule has 0 saturated heterocycles. The minimum Gasteiger partial charge on any atom is -0.308 e. The van der Waals surface area contributed by atoms with Crippen molar-refractivity contribution >= 4 is 5.69 Å². The van der Waals surface area contributed by atoms with Crippen LogP contribution in [-0.4, -0.2) is 31.2 Å². The van der Waals surface area contributed by atoms with Crippen molar-refractivity contribution in [2.24, 2.45) is 0 Å². The zero-order valence-corrected chi connectivity index (χ0v) is 11.6. The molecule has 1 aromatic carbocycles. The first-order valence-corrected chi connectivity index (χ1v) is 6.25. The van der Waals surface area contributed by atoms with Crippen LogP contribution in [0.25, 0.3) is 5.69 Å². The van der Waals surface area contributed by atoms with Crippen LogP contribution >= 0.6 is 0 Å². The topological polar surface area (TPSA) is 98.8 Å². The van der Waals surface area contributed by atoms with Crippen LogP contribution in [0.4, 0.5) is 5.69 Å². The number of nitro benzene ring substituents is 1. The summed E-state index contributed by atoms with van der Waals surface area (Å²) in [5.41, 5.74) is 1.21. The maximum atomic E-state index is 11.0.